The number of pyridine rings is 1. The third kappa shape index (κ3) is 5.68. The van der Waals surface area contributed by atoms with Gasteiger partial charge in [-0.25, -0.2) is 4.98 Å². The van der Waals surface area contributed by atoms with E-state index in [-0.39, 0.29) is 11.8 Å². The van der Waals surface area contributed by atoms with Crippen LogP contribution in [-0.2, 0) is 12.3 Å². The van der Waals surface area contributed by atoms with Gasteiger partial charge in [-0.05, 0) is 37.5 Å². The molecular weight excluding hydrogens is 430 g/mol. The third-order valence-corrected chi connectivity index (χ3v) is 7.01. The van der Waals surface area contributed by atoms with Gasteiger partial charge in [-0.2, -0.15) is 0 Å². The molecular formula is C22H23N5O2S2. The average molecular weight is 454 g/mol. The molecule has 1 aromatic carbocycles. The highest BCUT2D eigenvalue weighted by atomic mass is 32.2. The molecule has 0 unspecified atom stereocenters. The van der Waals surface area contributed by atoms with Gasteiger partial charge in [0.15, 0.2) is 0 Å². The summed E-state index contributed by atoms with van der Waals surface area (Å²) in [5, 5.41) is 12.9. The zero-order chi connectivity index (χ0) is 21.6. The van der Waals surface area contributed by atoms with E-state index < -0.39 is 0 Å². The summed E-state index contributed by atoms with van der Waals surface area (Å²) in [7, 11) is 0. The third-order valence-electron chi connectivity index (χ3n) is 4.95. The number of aryl methyl sites for hydroxylation is 1. The van der Waals surface area contributed by atoms with Crippen LogP contribution in [0.5, 0.6) is 0 Å². The first kappa shape index (κ1) is 21.5. The summed E-state index contributed by atoms with van der Waals surface area (Å²) in [5.74, 6) is 0.388. The first-order valence-corrected chi connectivity index (χ1v) is 11.9. The van der Waals surface area contributed by atoms with Crippen molar-refractivity contribution in [1.82, 2.24) is 25.4 Å². The molecule has 31 heavy (non-hydrogen) atoms. The fraction of sp³-hybridized carbons (Fsp3) is 0.318. The Labute approximate surface area is 189 Å². The minimum absolute atomic E-state index is 0.0481. The van der Waals surface area contributed by atoms with Crippen LogP contribution >= 0.6 is 23.1 Å². The molecule has 0 bridgehead atoms. The molecule has 160 valence electrons. The van der Waals surface area contributed by atoms with Crippen molar-refractivity contribution < 1.29 is 9.59 Å². The smallest absolute Gasteiger partial charge is 0.282 e. The summed E-state index contributed by atoms with van der Waals surface area (Å²) in [4.78, 5) is 31.0. The number of benzene rings is 1. The fourth-order valence-corrected chi connectivity index (χ4v) is 4.78. The number of thioether (sulfide) groups is 1. The molecule has 0 aliphatic carbocycles. The van der Waals surface area contributed by atoms with Crippen LogP contribution in [0.3, 0.4) is 0 Å². The van der Waals surface area contributed by atoms with Gasteiger partial charge in [-0.15, -0.1) is 10.2 Å². The van der Waals surface area contributed by atoms with Gasteiger partial charge in [0.05, 0.1) is 16.3 Å². The highest BCUT2D eigenvalue weighted by molar-refractivity contribution is 7.98. The summed E-state index contributed by atoms with van der Waals surface area (Å²) in [5.41, 5.74) is 2.84. The van der Waals surface area contributed by atoms with Gasteiger partial charge in [0.1, 0.15) is 5.01 Å². The van der Waals surface area contributed by atoms with Crippen molar-refractivity contribution in [2.24, 2.45) is 0 Å². The summed E-state index contributed by atoms with van der Waals surface area (Å²) >= 11 is 2.78. The summed E-state index contributed by atoms with van der Waals surface area (Å²) < 4.78 is 0. The van der Waals surface area contributed by atoms with E-state index in [1.165, 1.54) is 28.7 Å². The van der Waals surface area contributed by atoms with E-state index in [4.69, 9.17) is 0 Å². The first-order chi connectivity index (χ1) is 15.1. The first-order valence-electron chi connectivity index (χ1n) is 10.1. The Morgan fingerprint density at radius 2 is 1.87 bits per heavy atom. The van der Waals surface area contributed by atoms with Crippen molar-refractivity contribution in [2.75, 3.05) is 13.1 Å². The number of amides is 2. The molecule has 0 radical (unpaired) electrons. The Hall–Kier alpha value is -2.78. The highest BCUT2D eigenvalue weighted by Crippen LogP contribution is 2.23. The molecule has 4 rings (SSSR count). The maximum absolute atomic E-state index is 12.4. The lowest BCUT2D eigenvalue weighted by Gasteiger charge is -2.14. The van der Waals surface area contributed by atoms with E-state index in [0.717, 1.165) is 41.5 Å². The van der Waals surface area contributed by atoms with E-state index in [2.05, 4.69) is 20.5 Å². The van der Waals surface area contributed by atoms with E-state index in [0.29, 0.717) is 22.9 Å². The minimum atomic E-state index is -0.225. The van der Waals surface area contributed by atoms with Crippen LogP contribution in [0, 0.1) is 6.92 Å². The molecule has 2 aromatic heterocycles. The zero-order valence-corrected chi connectivity index (χ0v) is 18.8. The molecule has 1 aliphatic rings. The maximum atomic E-state index is 12.4. The molecule has 0 atom stereocenters. The lowest BCUT2D eigenvalue weighted by Crippen LogP contribution is -2.27. The number of hydrogen-bond acceptors (Lipinski definition) is 7. The van der Waals surface area contributed by atoms with Crippen LogP contribution < -0.4 is 5.32 Å². The summed E-state index contributed by atoms with van der Waals surface area (Å²) in [6.45, 7) is 4.14. The molecule has 1 saturated heterocycles. The summed E-state index contributed by atoms with van der Waals surface area (Å²) in [6.07, 6.45) is 3.77. The van der Waals surface area contributed by atoms with Gasteiger partial charge in [0, 0.05) is 25.8 Å². The van der Waals surface area contributed by atoms with Crippen molar-refractivity contribution >= 4 is 34.9 Å². The van der Waals surface area contributed by atoms with Gasteiger partial charge in [-0.1, -0.05) is 52.9 Å². The molecule has 1 aliphatic heterocycles. The number of nitrogens with zero attached hydrogens (tertiary/aromatic N) is 4. The molecule has 9 heteroatoms. The van der Waals surface area contributed by atoms with Crippen molar-refractivity contribution in [3.8, 4) is 0 Å². The molecule has 3 heterocycles. The predicted octanol–water partition coefficient (Wildman–Crippen LogP) is 3.70. The Kier molecular flexibility index (Phi) is 6.93. The topological polar surface area (TPSA) is 88.1 Å². The summed E-state index contributed by atoms with van der Waals surface area (Å²) in [6, 6.07) is 11.7. The lowest BCUT2D eigenvalue weighted by atomic mass is 10.1. The SMILES string of the molecule is Cc1ccc(CNC(=O)c2nnc(CSc3ccc(C(=O)N4CCCC4)cn3)s2)cc1. The van der Waals surface area contributed by atoms with E-state index in [1.54, 1.807) is 6.20 Å². The molecule has 7 nitrogen and oxygen atoms in total. The van der Waals surface area contributed by atoms with Crippen LogP contribution in [0.15, 0.2) is 47.6 Å². The molecule has 1 fully saturated rings. The Morgan fingerprint density at radius 1 is 1.10 bits per heavy atom. The molecule has 1 N–H and O–H groups in total. The number of rotatable bonds is 7. The number of hydrogen-bond donors (Lipinski definition) is 1. The van der Waals surface area contributed by atoms with Crippen molar-refractivity contribution in [2.45, 2.75) is 37.1 Å². The number of nitrogens with one attached hydrogen (secondary N) is 1. The van der Waals surface area contributed by atoms with E-state index in [1.807, 2.05) is 48.2 Å². The van der Waals surface area contributed by atoms with E-state index >= 15 is 0 Å². The van der Waals surface area contributed by atoms with Crippen LogP contribution in [0.2, 0.25) is 0 Å². The molecule has 3 aromatic rings. The van der Waals surface area contributed by atoms with Crippen LogP contribution in [-0.4, -0.2) is 45.0 Å². The molecule has 0 saturated carbocycles. The molecule has 0 spiro atoms. The maximum Gasteiger partial charge on any atom is 0.282 e. The minimum Gasteiger partial charge on any atom is -0.346 e. The van der Waals surface area contributed by atoms with Gasteiger partial charge >= 0.3 is 0 Å². The van der Waals surface area contributed by atoms with Crippen molar-refractivity contribution in [3.05, 3.63) is 69.3 Å². The van der Waals surface area contributed by atoms with Crippen LogP contribution in [0.25, 0.3) is 0 Å². The van der Waals surface area contributed by atoms with Gasteiger partial charge in [-0.3, -0.25) is 9.59 Å². The normalized spacial score (nSPS) is 13.4. The van der Waals surface area contributed by atoms with Crippen LogP contribution in [0.4, 0.5) is 0 Å². The van der Waals surface area contributed by atoms with Gasteiger partial charge in [0.2, 0.25) is 5.01 Å². The number of aromatic nitrogens is 3. The number of likely N-dealkylation sites (tertiary alicyclic amines) is 1. The second-order valence-corrected chi connectivity index (χ2v) is 9.40. The largest absolute Gasteiger partial charge is 0.346 e. The highest BCUT2D eigenvalue weighted by Gasteiger charge is 2.19. The van der Waals surface area contributed by atoms with Crippen molar-refractivity contribution in [3.63, 3.8) is 0 Å². The lowest BCUT2D eigenvalue weighted by molar-refractivity contribution is 0.0792. The van der Waals surface area contributed by atoms with Crippen molar-refractivity contribution in [1.29, 1.82) is 0 Å². The fourth-order valence-electron chi connectivity index (χ4n) is 3.20. The second kappa shape index (κ2) is 10.0. The predicted molar refractivity (Wildman–Crippen MR) is 121 cm³/mol. The van der Waals surface area contributed by atoms with E-state index in [9.17, 15) is 9.59 Å². The Balaban J connectivity index is 1.27. The number of carbonyl (C=O) groups is 2. The quantitative estimate of drug-likeness (QED) is 0.549. The number of carbonyl (C=O) groups excluding carboxylic acids is 2. The van der Waals surface area contributed by atoms with Gasteiger partial charge in [0.25, 0.3) is 11.8 Å². The van der Waals surface area contributed by atoms with Gasteiger partial charge < -0.3 is 10.2 Å². The Morgan fingerprint density at radius 3 is 2.58 bits per heavy atom. The average Bonchev–Trinajstić information content (AvgIpc) is 3.49. The Bertz CT molecular complexity index is 1040. The zero-order valence-electron chi connectivity index (χ0n) is 17.2. The van der Waals surface area contributed by atoms with Crippen LogP contribution in [0.1, 0.15) is 49.1 Å². The monoisotopic (exact) mass is 453 g/mol. The standard InChI is InChI=1S/C22H23N5O2S2/c1-15-4-6-16(7-5-15)12-24-20(28)21-26-25-19(31-21)14-30-18-9-8-17(13-23-18)22(29)27-10-2-3-11-27/h4-9,13H,2-3,10-12,14H2,1H3,(H,24,28). The second-order valence-electron chi connectivity index (χ2n) is 7.34. The molecule has 2 amide bonds.